The van der Waals surface area contributed by atoms with Crippen molar-refractivity contribution in [2.24, 2.45) is 0 Å². The summed E-state index contributed by atoms with van der Waals surface area (Å²) in [6.07, 6.45) is 2.54. The van der Waals surface area contributed by atoms with Gasteiger partial charge < -0.3 is 5.11 Å². The molecular weight excluding hydrogens is 309 g/mol. The summed E-state index contributed by atoms with van der Waals surface area (Å²) in [5, 5.41) is 10.5. The van der Waals surface area contributed by atoms with Crippen molar-refractivity contribution < 1.29 is 9.50 Å². The van der Waals surface area contributed by atoms with Crippen LogP contribution in [0.4, 0.5) is 4.39 Å². The van der Waals surface area contributed by atoms with E-state index in [0.717, 1.165) is 24.1 Å². The Morgan fingerprint density at radius 1 is 1.32 bits per heavy atom. The van der Waals surface area contributed by atoms with Gasteiger partial charge in [0, 0.05) is 27.8 Å². The third-order valence-corrected chi connectivity index (χ3v) is 4.37. The van der Waals surface area contributed by atoms with Gasteiger partial charge >= 0.3 is 0 Å². The lowest BCUT2D eigenvalue weighted by Gasteiger charge is -2.20. The summed E-state index contributed by atoms with van der Waals surface area (Å²) in [5.74, 6) is -0.518. The minimum absolute atomic E-state index is 0.135. The first-order chi connectivity index (χ1) is 9.18. The molecule has 4 heteroatoms. The van der Waals surface area contributed by atoms with Gasteiger partial charge in [-0.3, -0.25) is 4.98 Å². The van der Waals surface area contributed by atoms with Crippen molar-refractivity contribution in [2.45, 2.75) is 24.9 Å². The molecule has 0 saturated heterocycles. The van der Waals surface area contributed by atoms with Crippen molar-refractivity contribution in [1.82, 2.24) is 4.98 Å². The van der Waals surface area contributed by atoms with Crippen molar-refractivity contribution >= 4 is 15.9 Å². The number of halogens is 2. The zero-order chi connectivity index (χ0) is 13.4. The predicted molar refractivity (Wildman–Crippen MR) is 74.4 cm³/mol. The average molecular weight is 322 g/mol. The summed E-state index contributed by atoms with van der Waals surface area (Å²) < 4.78 is 14.5. The zero-order valence-corrected chi connectivity index (χ0v) is 11.8. The van der Waals surface area contributed by atoms with Gasteiger partial charge in [-0.1, -0.05) is 28.1 Å². The van der Waals surface area contributed by atoms with Gasteiger partial charge in [0.1, 0.15) is 5.82 Å². The topological polar surface area (TPSA) is 33.1 Å². The summed E-state index contributed by atoms with van der Waals surface area (Å²) in [4.78, 5) is 4.35. The van der Waals surface area contributed by atoms with Crippen LogP contribution in [0.25, 0.3) is 0 Å². The largest absolute Gasteiger partial charge is 0.388 e. The second-order valence-electron chi connectivity index (χ2n) is 4.77. The van der Waals surface area contributed by atoms with E-state index in [0.29, 0.717) is 10.0 Å². The Labute approximate surface area is 119 Å². The lowest BCUT2D eigenvalue weighted by Crippen LogP contribution is -2.11. The number of aromatic nitrogens is 1. The second-order valence-corrected chi connectivity index (χ2v) is 5.63. The molecule has 19 heavy (non-hydrogen) atoms. The fourth-order valence-electron chi connectivity index (χ4n) is 2.75. The quantitative estimate of drug-likeness (QED) is 0.913. The highest BCUT2D eigenvalue weighted by atomic mass is 79.9. The van der Waals surface area contributed by atoms with Crippen LogP contribution in [0.5, 0.6) is 0 Å². The molecule has 2 aromatic rings. The normalized spacial score (nSPS) is 19.2. The third kappa shape index (κ3) is 2.19. The molecule has 1 aliphatic carbocycles. The summed E-state index contributed by atoms with van der Waals surface area (Å²) in [6, 6.07) is 8.65. The van der Waals surface area contributed by atoms with Crippen molar-refractivity contribution in [3.8, 4) is 0 Å². The van der Waals surface area contributed by atoms with Crippen LogP contribution in [0.15, 0.2) is 41.0 Å². The Balaban J connectivity index is 2.00. The maximum Gasteiger partial charge on any atom is 0.130 e. The van der Waals surface area contributed by atoms with E-state index in [1.165, 1.54) is 6.07 Å². The van der Waals surface area contributed by atoms with E-state index in [-0.39, 0.29) is 11.7 Å². The Morgan fingerprint density at radius 3 is 2.95 bits per heavy atom. The molecule has 0 bridgehead atoms. The lowest BCUT2D eigenvalue weighted by molar-refractivity contribution is 0.138. The predicted octanol–water partition coefficient (Wildman–Crippen LogP) is 3.75. The molecule has 0 amide bonds. The van der Waals surface area contributed by atoms with E-state index in [2.05, 4.69) is 20.9 Å². The number of hydrogen-bond acceptors (Lipinski definition) is 2. The molecule has 1 aliphatic rings. The minimum atomic E-state index is -0.869. The van der Waals surface area contributed by atoms with E-state index in [4.69, 9.17) is 0 Å². The molecule has 3 rings (SSSR count). The van der Waals surface area contributed by atoms with E-state index >= 15 is 0 Å². The molecule has 98 valence electrons. The van der Waals surface area contributed by atoms with E-state index < -0.39 is 6.10 Å². The summed E-state index contributed by atoms with van der Waals surface area (Å²) >= 11 is 3.31. The van der Waals surface area contributed by atoms with Gasteiger partial charge in [-0.25, -0.2) is 4.39 Å². The van der Waals surface area contributed by atoms with E-state index in [1.54, 1.807) is 18.3 Å². The Morgan fingerprint density at radius 2 is 2.16 bits per heavy atom. The van der Waals surface area contributed by atoms with Gasteiger partial charge in [-0.2, -0.15) is 0 Å². The van der Waals surface area contributed by atoms with E-state index in [1.807, 2.05) is 12.1 Å². The number of pyridine rings is 1. The number of fused-ring (bicyclic) bond motifs is 1. The molecule has 0 fully saturated rings. The summed E-state index contributed by atoms with van der Waals surface area (Å²) in [7, 11) is 0. The number of aliphatic hydroxyl groups excluding tert-OH is 1. The standard InChI is InChI=1S/C15H13BrFNO/c16-11-4-1-5-12(17)13(11)15(19)10-7-6-9-3-2-8-18-14(9)10/h1-5,8,10,15,19H,6-7H2. The monoisotopic (exact) mass is 321 g/mol. The summed E-state index contributed by atoms with van der Waals surface area (Å²) in [5.41, 5.74) is 2.37. The van der Waals surface area contributed by atoms with Crippen LogP contribution in [0, 0.1) is 5.82 Å². The smallest absolute Gasteiger partial charge is 0.130 e. The first-order valence-electron chi connectivity index (χ1n) is 6.24. The van der Waals surface area contributed by atoms with Crippen molar-refractivity contribution in [3.05, 3.63) is 63.6 Å². The van der Waals surface area contributed by atoms with Crippen molar-refractivity contribution in [1.29, 1.82) is 0 Å². The van der Waals surface area contributed by atoms with Crippen LogP contribution in [-0.2, 0) is 6.42 Å². The number of aliphatic hydroxyl groups is 1. The van der Waals surface area contributed by atoms with Gasteiger partial charge in [0.05, 0.1) is 6.10 Å². The number of aryl methyl sites for hydroxylation is 1. The summed E-state index contributed by atoms with van der Waals surface area (Å²) in [6.45, 7) is 0. The van der Waals surface area contributed by atoms with Crippen LogP contribution in [0.2, 0.25) is 0 Å². The fraction of sp³-hybridized carbons (Fsp3) is 0.267. The van der Waals surface area contributed by atoms with Crippen LogP contribution >= 0.6 is 15.9 Å². The molecular formula is C15H13BrFNO. The second kappa shape index (κ2) is 5.02. The SMILES string of the molecule is OC(c1c(F)cccc1Br)C1CCc2cccnc21. The van der Waals surface area contributed by atoms with Crippen LogP contribution in [0.3, 0.4) is 0 Å². The fourth-order valence-corrected chi connectivity index (χ4v) is 3.32. The number of benzene rings is 1. The molecule has 0 radical (unpaired) electrons. The highest BCUT2D eigenvalue weighted by Gasteiger charge is 2.33. The molecule has 1 N–H and O–H groups in total. The molecule has 2 unspecified atom stereocenters. The Bertz CT molecular complexity index is 597. The highest BCUT2D eigenvalue weighted by molar-refractivity contribution is 9.10. The minimum Gasteiger partial charge on any atom is -0.388 e. The molecule has 1 aromatic carbocycles. The maximum atomic E-state index is 13.9. The average Bonchev–Trinajstić information content (AvgIpc) is 2.82. The number of rotatable bonds is 2. The van der Waals surface area contributed by atoms with Crippen LogP contribution in [0.1, 0.15) is 35.3 Å². The van der Waals surface area contributed by atoms with Gasteiger partial charge in [-0.15, -0.1) is 0 Å². The third-order valence-electron chi connectivity index (χ3n) is 3.68. The first-order valence-corrected chi connectivity index (χ1v) is 7.03. The first kappa shape index (κ1) is 12.8. The Kier molecular flexibility index (Phi) is 3.37. The van der Waals surface area contributed by atoms with Gasteiger partial charge in [0.15, 0.2) is 0 Å². The van der Waals surface area contributed by atoms with E-state index in [9.17, 15) is 9.50 Å². The number of hydrogen-bond donors (Lipinski definition) is 1. The van der Waals surface area contributed by atoms with Gasteiger partial charge in [0.2, 0.25) is 0 Å². The van der Waals surface area contributed by atoms with Gasteiger partial charge in [0.25, 0.3) is 0 Å². The molecule has 1 aromatic heterocycles. The molecule has 0 spiro atoms. The van der Waals surface area contributed by atoms with Gasteiger partial charge in [-0.05, 0) is 36.6 Å². The van der Waals surface area contributed by atoms with Crippen LogP contribution in [-0.4, -0.2) is 10.1 Å². The zero-order valence-electron chi connectivity index (χ0n) is 10.2. The van der Waals surface area contributed by atoms with Crippen molar-refractivity contribution in [2.75, 3.05) is 0 Å². The molecule has 2 nitrogen and oxygen atoms in total. The lowest BCUT2D eigenvalue weighted by atomic mass is 9.93. The molecule has 0 aliphatic heterocycles. The molecule has 0 saturated carbocycles. The van der Waals surface area contributed by atoms with Crippen molar-refractivity contribution in [3.63, 3.8) is 0 Å². The highest BCUT2D eigenvalue weighted by Crippen LogP contribution is 2.42. The molecule has 1 heterocycles. The maximum absolute atomic E-state index is 13.9. The Hall–Kier alpha value is -1.26. The van der Waals surface area contributed by atoms with Crippen LogP contribution < -0.4 is 0 Å². The molecule has 2 atom stereocenters. The number of nitrogens with zero attached hydrogens (tertiary/aromatic N) is 1.